The number of aromatic amines is 1. The molecule has 2 saturated carbocycles. The maximum Gasteiger partial charge on any atom is 0.253 e. The van der Waals surface area contributed by atoms with Crippen molar-refractivity contribution in [2.75, 3.05) is 7.05 Å². The molecule has 2 heterocycles. The molecule has 1 aromatic carbocycles. The number of H-pyrrole nitrogens is 1. The molecular weight excluding hydrogens is 412 g/mol. The molecule has 176 valence electrons. The fourth-order valence-corrected chi connectivity index (χ4v) is 6.11. The van der Waals surface area contributed by atoms with Crippen LogP contribution >= 0.6 is 0 Å². The largest absolute Gasteiger partial charge is 0.321 e. The second-order valence-corrected chi connectivity index (χ2v) is 10.2. The highest BCUT2D eigenvalue weighted by atomic mass is 16.1. The summed E-state index contributed by atoms with van der Waals surface area (Å²) in [6, 6.07) is 6.83. The lowest BCUT2D eigenvalue weighted by Gasteiger charge is -2.37. The van der Waals surface area contributed by atoms with Crippen LogP contribution in [0.25, 0.3) is 10.9 Å². The highest BCUT2D eigenvalue weighted by Gasteiger charge is 2.34. The van der Waals surface area contributed by atoms with Crippen LogP contribution < -0.4 is 5.56 Å². The predicted molar refractivity (Wildman–Crippen MR) is 130 cm³/mol. The molecule has 0 saturated heterocycles. The molecule has 0 aliphatic heterocycles. The Morgan fingerprint density at radius 3 is 2.42 bits per heavy atom. The van der Waals surface area contributed by atoms with Gasteiger partial charge >= 0.3 is 0 Å². The second-order valence-electron chi connectivity index (χ2n) is 10.2. The van der Waals surface area contributed by atoms with Crippen molar-refractivity contribution in [2.24, 2.45) is 0 Å². The number of nitrogens with zero attached hydrogens (tertiary/aromatic N) is 5. The lowest BCUT2D eigenvalue weighted by atomic mass is 9.91. The van der Waals surface area contributed by atoms with Gasteiger partial charge in [0.2, 0.25) is 0 Å². The number of aryl methyl sites for hydroxylation is 2. The molecular formula is C26H36N6O. The summed E-state index contributed by atoms with van der Waals surface area (Å²) in [5, 5.41) is 14.2. The molecule has 1 N–H and O–H groups in total. The van der Waals surface area contributed by atoms with Crippen LogP contribution in [0.1, 0.15) is 98.8 Å². The monoisotopic (exact) mass is 448 g/mol. The van der Waals surface area contributed by atoms with Crippen molar-refractivity contribution in [1.82, 2.24) is 30.1 Å². The molecule has 2 aliphatic carbocycles. The summed E-state index contributed by atoms with van der Waals surface area (Å²) in [6.45, 7) is 4.16. The standard InChI is InChI=1S/C26H36N6O/c1-17-14-18(2)23-19(15-17)16-22(26(33)27-23)24(31(3)20-10-6-4-7-11-20)25-28-29-30-32(25)21-12-8-5-9-13-21/h14-16,20-21,24H,4-13H2,1-3H3,(H,27,33). The van der Waals surface area contributed by atoms with Gasteiger partial charge in [-0.3, -0.25) is 9.69 Å². The van der Waals surface area contributed by atoms with E-state index in [-0.39, 0.29) is 11.6 Å². The highest BCUT2D eigenvalue weighted by molar-refractivity contribution is 5.83. The summed E-state index contributed by atoms with van der Waals surface area (Å²) in [5.41, 5.74) is 3.91. The average molecular weight is 449 g/mol. The lowest BCUT2D eigenvalue weighted by molar-refractivity contribution is 0.145. The number of fused-ring (bicyclic) bond motifs is 1. The molecule has 0 radical (unpaired) electrons. The normalized spacial score (nSPS) is 19.4. The number of tetrazole rings is 1. The van der Waals surface area contributed by atoms with E-state index in [2.05, 4.69) is 64.5 Å². The van der Waals surface area contributed by atoms with Gasteiger partial charge < -0.3 is 4.98 Å². The van der Waals surface area contributed by atoms with Crippen LogP contribution in [0.3, 0.4) is 0 Å². The molecule has 0 bridgehead atoms. The predicted octanol–water partition coefficient (Wildman–Crippen LogP) is 4.99. The first-order valence-corrected chi connectivity index (χ1v) is 12.7. The summed E-state index contributed by atoms with van der Waals surface area (Å²) in [4.78, 5) is 19.1. The molecule has 2 aliphatic rings. The Morgan fingerprint density at radius 2 is 1.70 bits per heavy atom. The van der Waals surface area contributed by atoms with E-state index < -0.39 is 0 Å². The van der Waals surface area contributed by atoms with Gasteiger partial charge in [-0.2, -0.15) is 0 Å². The number of hydrogen-bond acceptors (Lipinski definition) is 5. The minimum atomic E-state index is -0.265. The third-order valence-corrected chi connectivity index (χ3v) is 7.86. The fraction of sp³-hybridized carbons (Fsp3) is 0.615. The van der Waals surface area contributed by atoms with Crippen LogP contribution in [0.4, 0.5) is 0 Å². The molecule has 3 aromatic rings. The third kappa shape index (κ3) is 4.35. The first kappa shape index (κ1) is 22.3. The van der Waals surface area contributed by atoms with E-state index in [4.69, 9.17) is 0 Å². The molecule has 2 aromatic heterocycles. The molecule has 33 heavy (non-hydrogen) atoms. The fourth-order valence-electron chi connectivity index (χ4n) is 6.11. The van der Waals surface area contributed by atoms with Crippen LogP contribution in [-0.4, -0.2) is 43.2 Å². The van der Waals surface area contributed by atoms with Crippen LogP contribution in [0.2, 0.25) is 0 Å². The summed E-state index contributed by atoms with van der Waals surface area (Å²) < 4.78 is 2.04. The lowest BCUT2D eigenvalue weighted by Crippen LogP contribution is -2.40. The van der Waals surface area contributed by atoms with Crippen molar-refractivity contribution in [1.29, 1.82) is 0 Å². The van der Waals surface area contributed by atoms with Crippen molar-refractivity contribution in [3.05, 3.63) is 51.1 Å². The Balaban J connectivity index is 1.65. The molecule has 7 heteroatoms. The van der Waals surface area contributed by atoms with Crippen molar-refractivity contribution in [3.8, 4) is 0 Å². The van der Waals surface area contributed by atoms with Crippen LogP contribution in [0.5, 0.6) is 0 Å². The van der Waals surface area contributed by atoms with Crippen molar-refractivity contribution in [3.63, 3.8) is 0 Å². The topological polar surface area (TPSA) is 79.7 Å². The van der Waals surface area contributed by atoms with Gasteiger partial charge in [0.25, 0.3) is 5.56 Å². The zero-order valence-electron chi connectivity index (χ0n) is 20.2. The molecule has 1 unspecified atom stereocenters. The minimum Gasteiger partial charge on any atom is -0.321 e. The van der Waals surface area contributed by atoms with Gasteiger partial charge in [-0.1, -0.05) is 50.2 Å². The van der Waals surface area contributed by atoms with Gasteiger partial charge in [0.15, 0.2) is 5.82 Å². The maximum absolute atomic E-state index is 13.5. The molecule has 1 atom stereocenters. The van der Waals surface area contributed by atoms with E-state index >= 15 is 0 Å². The highest BCUT2D eigenvalue weighted by Crippen LogP contribution is 2.35. The zero-order chi connectivity index (χ0) is 22.9. The van der Waals surface area contributed by atoms with Gasteiger partial charge in [0.1, 0.15) is 6.04 Å². The van der Waals surface area contributed by atoms with E-state index in [1.807, 2.05) is 4.68 Å². The van der Waals surface area contributed by atoms with Gasteiger partial charge in [-0.25, -0.2) is 4.68 Å². The Morgan fingerprint density at radius 1 is 1.00 bits per heavy atom. The summed E-state index contributed by atoms with van der Waals surface area (Å²) in [5.74, 6) is 0.809. The smallest absolute Gasteiger partial charge is 0.253 e. The Labute approximate surface area is 195 Å². The van der Waals surface area contributed by atoms with Crippen molar-refractivity contribution >= 4 is 10.9 Å². The SMILES string of the molecule is Cc1cc(C)c2[nH]c(=O)c(C(c3nnnn3C3CCCCC3)N(C)C3CCCCC3)cc2c1. The molecule has 0 amide bonds. The minimum absolute atomic E-state index is 0.0414. The van der Waals surface area contributed by atoms with Crippen LogP contribution in [0.15, 0.2) is 23.0 Å². The number of benzene rings is 1. The molecule has 5 rings (SSSR count). The number of rotatable bonds is 5. The number of hydrogen-bond donors (Lipinski definition) is 1. The number of nitrogens with one attached hydrogen (secondary N) is 1. The van der Waals surface area contributed by atoms with E-state index in [1.165, 1.54) is 44.1 Å². The summed E-state index contributed by atoms with van der Waals surface area (Å²) >= 11 is 0. The Kier molecular flexibility index (Phi) is 6.32. The first-order valence-electron chi connectivity index (χ1n) is 12.7. The molecule has 2 fully saturated rings. The van der Waals surface area contributed by atoms with Crippen LogP contribution in [-0.2, 0) is 0 Å². The van der Waals surface area contributed by atoms with Crippen molar-refractivity contribution < 1.29 is 0 Å². The van der Waals surface area contributed by atoms with E-state index in [0.717, 1.165) is 53.5 Å². The van der Waals surface area contributed by atoms with E-state index in [1.54, 1.807) is 0 Å². The third-order valence-electron chi connectivity index (χ3n) is 7.86. The quantitative estimate of drug-likeness (QED) is 0.595. The molecule has 0 spiro atoms. The Hall–Kier alpha value is -2.54. The number of pyridine rings is 1. The maximum atomic E-state index is 13.5. The van der Waals surface area contributed by atoms with E-state index in [9.17, 15) is 4.79 Å². The van der Waals surface area contributed by atoms with Gasteiger partial charge in [0.05, 0.1) is 11.6 Å². The Bertz CT molecular complexity index is 1170. The summed E-state index contributed by atoms with van der Waals surface area (Å²) in [7, 11) is 2.16. The van der Waals surface area contributed by atoms with Crippen LogP contribution in [0, 0.1) is 13.8 Å². The van der Waals surface area contributed by atoms with E-state index in [0.29, 0.717) is 12.1 Å². The van der Waals surface area contributed by atoms with Crippen molar-refractivity contribution in [2.45, 2.75) is 96.2 Å². The first-order chi connectivity index (χ1) is 16.0. The number of aromatic nitrogens is 5. The molecule has 7 nitrogen and oxygen atoms in total. The van der Waals surface area contributed by atoms with Gasteiger partial charge in [-0.05, 0) is 80.1 Å². The zero-order valence-corrected chi connectivity index (χ0v) is 20.2. The summed E-state index contributed by atoms with van der Waals surface area (Å²) in [6.07, 6.45) is 12.0. The average Bonchev–Trinajstić information content (AvgIpc) is 3.31. The second kappa shape index (κ2) is 9.37. The van der Waals surface area contributed by atoms with Gasteiger partial charge in [-0.15, -0.1) is 5.10 Å². The van der Waals surface area contributed by atoms with Gasteiger partial charge in [0, 0.05) is 11.6 Å².